The van der Waals surface area contributed by atoms with Gasteiger partial charge in [0.2, 0.25) is 0 Å². The van der Waals surface area contributed by atoms with E-state index in [2.05, 4.69) is 17.9 Å². The minimum absolute atomic E-state index is 0.0633. The summed E-state index contributed by atoms with van der Waals surface area (Å²) < 4.78 is 5.89. The highest BCUT2D eigenvalue weighted by Gasteiger charge is 2.22. The molecule has 0 spiro atoms. The topological polar surface area (TPSA) is 75.6 Å². The van der Waals surface area contributed by atoms with Crippen LogP contribution in [0.5, 0.6) is 5.75 Å². The number of hydrogen-bond donors (Lipinski definition) is 3. The number of thiol groups is 1. The van der Waals surface area contributed by atoms with Crippen LogP contribution in [0.2, 0.25) is 5.02 Å². The molecule has 1 aliphatic rings. The van der Waals surface area contributed by atoms with Crippen LogP contribution in [-0.2, 0) is 6.61 Å². The number of nitrogens with one attached hydrogen (secondary N) is 1. The maximum Gasteiger partial charge on any atom is 0.337 e. The summed E-state index contributed by atoms with van der Waals surface area (Å²) in [7, 11) is 0. The first-order valence-electron chi connectivity index (χ1n) is 10.3. The molecule has 4 rings (SSSR count). The quantitative estimate of drug-likeness (QED) is 0.371. The Morgan fingerprint density at radius 2 is 1.81 bits per heavy atom. The second kappa shape index (κ2) is 9.67. The van der Waals surface area contributed by atoms with E-state index in [9.17, 15) is 14.7 Å². The first-order valence-corrected chi connectivity index (χ1v) is 11.1. The van der Waals surface area contributed by atoms with Crippen LogP contribution >= 0.6 is 24.2 Å². The molecule has 1 saturated carbocycles. The van der Waals surface area contributed by atoms with Gasteiger partial charge in [-0.2, -0.15) is 0 Å². The Bertz CT molecular complexity index is 1180. The molecule has 0 atom stereocenters. The number of carboxylic acid groups (broad SMARTS) is 1. The third-order valence-corrected chi connectivity index (χ3v) is 6.02. The van der Waals surface area contributed by atoms with Crippen LogP contribution in [0.3, 0.4) is 0 Å². The molecule has 1 fully saturated rings. The highest BCUT2D eigenvalue weighted by Crippen LogP contribution is 2.29. The molecule has 1 amide bonds. The molecule has 0 radical (unpaired) electrons. The number of hydrogen-bond acceptors (Lipinski definition) is 4. The van der Waals surface area contributed by atoms with Crippen molar-refractivity contribution in [2.75, 3.05) is 6.54 Å². The molecular weight excluding hydrogens is 446 g/mol. The molecule has 0 unspecified atom stereocenters. The van der Waals surface area contributed by atoms with Crippen molar-refractivity contribution in [3.05, 3.63) is 82.4 Å². The van der Waals surface area contributed by atoms with Gasteiger partial charge in [0, 0.05) is 11.4 Å². The lowest BCUT2D eigenvalue weighted by Gasteiger charge is -2.11. The lowest BCUT2D eigenvalue weighted by molar-refractivity contribution is 0.0697. The number of carbonyl (C=O) groups excluding carboxylic acids is 1. The van der Waals surface area contributed by atoms with Crippen LogP contribution < -0.4 is 10.1 Å². The smallest absolute Gasteiger partial charge is 0.337 e. The van der Waals surface area contributed by atoms with Crippen LogP contribution in [0.4, 0.5) is 0 Å². The van der Waals surface area contributed by atoms with E-state index in [1.54, 1.807) is 36.4 Å². The molecule has 0 aliphatic heterocycles. The van der Waals surface area contributed by atoms with Crippen LogP contribution in [0.25, 0.3) is 11.1 Å². The van der Waals surface area contributed by atoms with Gasteiger partial charge in [-0.05, 0) is 71.8 Å². The van der Waals surface area contributed by atoms with Crippen molar-refractivity contribution in [1.82, 2.24) is 5.32 Å². The number of benzene rings is 3. The van der Waals surface area contributed by atoms with Gasteiger partial charge in [0.1, 0.15) is 12.4 Å². The van der Waals surface area contributed by atoms with E-state index in [-0.39, 0.29) is 16.5 Å². The maximum absolute atomic E-state index is 12.3. The van der Waals surface area contributed by atoms with Gasteiger partial charge in [-0.1, -0.05) is 35.9 Å². The predicted molar refractivity (Wildman–Crippen MR) is 127 cm³/mol. The molecule has 1 aliphatic carbocycles. The summed E-state index contributed by atoms with van der Waals surface area (Å²) in [6.07, 6.45) is 2.36. The molecule has 0 heterocycles. The average Bonchev–Trinajstić information content (AvgIpc) is 3.61. The van der Waals surface area contributed by atoms with E-state index in [0.29, 0.717) is 35.3 Å². The summed E-state index contributed by atoms with van der Waals surface area (Å²) in [5.74, 6) is 0.0384. The molecule has 2 N–H and O–H groups in total. The first kappa shape index (κ1) is 22.2. The fourth-order valence-corrected chi connectivity index (χ4v) is 3.83. The van der Waals surface area contributed by atoms with Gasteiger partial charge in [0.05, 0.1) is 16.1 Å². The molecule has 3 aromatic carbocycles. The van der Waals surface area contributed by atoms with E-state index < -0.39 is 5.97 Å². The third-order valence-electron chi connectivity index (χ3n) is 5.32. The predicted octanol–water partition coefficient (Wildman–Crippen LogP) is 5.71. The molecule has 164 valence electrons. The number of aromatic carboxylic acids is 1. The molecule has 0 aromatic heterocycles. The average molecular weight is 468 g/mol. The number of carboxylic acids is 1. The molecule has 32 heavy (non-hydrogen) atoms. The van der Waals surface area contributed by atoms with Gasteiger partial charge in [0.25, 0.3) is 5.91 Å². The zero-order chi connectivity index (χ0) is 22.7. The fraction of sp³-hybridized carbons (Fsp3) is 0.200. The molecule has 0 saturated heterocycles. The van der Waals surface area contributed by atoms with Crippen molar-refractivity contribution < 1.29 is 19.4 Å². The Balaban J connectivity index is 1.43. The van der Waals surface area contributed by atoms with Crippen LogP contribution in [-0.4, -0.2) is 23.5 Å². The van der Waals surface area contributed by atoms with Gasteiger partial charge in [-0.3, -0.25) is 4.79 Å². The monoisotopic (exact) mass is 467 g/mol. The number of halogens is 1. The lowest BCUT2D eigenvalue weighted by atomic mass is 10.0. The van der Waals surface area contributed by atoms with Gasteiger partial charge in [0.15, 0.2) is 0 Å². The molecular formula is C25H22ClNO4S. The van der Waals surface area contributed by atoms with Gasteiger partial charge >= 0.3 is 5.97 Å². The van der Waals surface area contributed by atoms with Gasteiger partial charge in [-0.25, -0.2) is 4.79 Å². The highest BCUT2D eigenvalue weighted by atomic mass is 35.5. The molecule has 5 nitrogen and oxygen atoms in total. The van der Waals surface area contributed by atoms with Gasteiger partial charge in [-0.15, -0.1) is 12.6 Å². The van der Waals surface area contributed by atoms with Crippen LogP contribution in [0.1, 0.15) is 39.1 Å². The van der Waals surface area contributed by atoms with Crippen molar-refractivity contribution in [3.63, 3.8) is 0 Å². The van der Waals surface area contributed by atoms with E-state index in [1.807, 2.05) is 24.3 Å². The third kappa shape index (κ3) is 5.44. The van der Waals surface area contributed by atoms with Crippen molar-refractivity contribution >= 4 is 36.1 Å². The Kier molecular flexibility index (Phi) is 6.72. The van der Waals surface area contributed by atoms with Crippen molar-refractivity contribution in [2.45, 2.75) is 24.3 Å². The summed E-state index contributed by atoms with van der Waals surface area (Å²) in [5.41, 5.74) is 3.13. The fourth-order valence-electron chi connectivity index (χ4n) is 3.32. The van der Waals surface area contributed by atoms with E-state index >= 15 is 0 Å². The minimum Gasteiger partial charge on any atom is -0.489 e. The van der Waals surface area contributed by atoms with Crippen LogP contribution in [0, 0.1) is 5.92 Å². The largest absolute Gasteiger partial charge is 0.489 e. The number of rotatable bonds is 8. The first-order chi connectivity index (χ1) is 15.4. The number of carbonyl (C=O) groups is 2. The maximum atomic E-state index is 12.3. The second-order valence-corrected chi connectivity index (χ2v) is 8.71. The lowest BCUT2D eigenvalue weighted by Crippen LogP contribution is -2.25. The summed E-state index contributed by atoms with van der Waals surface area (Å²) in [6, 6.07) is 17.8. The van der Waals surface area contributed by atoms with Crippen molar-refractivity contribution in [2.24, 2.45) is 5.92 Å². The standard InChI is InChI=1S/C25H22ClNO4S/c26-22-9-6-18(11-21(22)25(29)30)17-3-1-2-16(10-17)14-31-19-7-8-20(23(32)12-19)24(28)27-13-15-4-5-15/h1-3,6-12,15,32H,4-5,13-14H2,(H,27,28)(H,29,30). The van der Waals surface area contributed by atoms with Gasteiger partial charge < -0.3 is 15.2 Å². The summed E-state index contributed by atoms with van der Waals surface area (Å²) in [5, 5.41) is 12.4. The van der Waals surface area contributed by atoms with E-state index in [1.165, 1.54) is 12.8 Å². The zero-order valence-corrected chi connectivity index (χ0v) is 18.8. The summed E-state index contributed by atoms with van der Waals surface area (Å²) >= 11 is 10.4. The van der Waals surface area contributed by atoms with E-state index in [0.717, 1.165) is 16.7 Å². The zero-order valence-electron chi connectivity index (χ0n) is 17.2. The SMILES string of the molecule is O=C(NCC1CC1)c1ccc(OCc2cccc(-c3ccc(Cl)c(C(=O)O)c3)c2)cc1S. The normalized spacial score (nSPS) is 12.9. The van der Waals surface area contributed by atoms with Crippen molar-refractivity contribution in [1.29, 1.82) is 0 Å². The van der Waals surface area contributed by atoms with Crippen molar-refractivity contribution in [3.8, 4) is 16.9 Å². The summed E-state index contributed by atoms with van der Waals surface area (Å²) in [6.45, 7) is 1.02. The Hall–Kier alpha value is -2.96. The van der Waals surface area contributed by atoms with Crippen LogP contribution in [0.15, 0.2) is 65.6 Å². The minimum atomic E-state index is -1.07. The number of amides is 1. The number of ether oxygens (including phenoxy) is 1. The molecule has 3 aromatic rings. The Labute approximate surface area is 196 Å². The highest BCUT2D eigenvalue weighted by molar-refractivity contribution is 7.80. The van der Waals surface area contributed by atoms with E-state index in [4.69, 9.17) is 16.3 Å². The molecule has 7 heteroatoms. The molecule has 0 bridgehead atoms. The summed E-state index contributed by atoms with van der Waals surface area (Å²) in [4.78, 5) is 24.2. The Morgan fingerprint density at radius 1 is 1.03 bits per heavy atom. The second-order valence-electron chi connectivity index (χ2n) is 7.82. The Morgan fingerprint density at radius 3 is 2.53 bits per heavy atom.